The van der Waals surface area contributed by atoms with Crippen molar-refractivity contribution in [1.29, 1.82) is 0 Å². The predicted molar refractivity (Wildman–Crippen MR) is 80.4 cm³/mol. The lowest BCUT2D eigenvalue weighted by Crippen LogP contribution is -2.43. The van der Waals surface area contributed by atoms with Gasteiger partial charge in [-0.05, 0) is 31.5 Å². The van der Waals surface area contributed by atoms with E-state index in [1.165, 1.54) is 0 Å². The molecule has 0 spiro atoms. The zero-order valence-corrected chi connectivity index (χ0v) is 11.7. The van der Waals surface area contributed by atoms with E-state index in [2.05, 4.69) is 10.2 Å². The number of aliphatic hydroxyl groups is 1. The molecule has 1 aliphatic rings. The first-order valence-electron chi connectivity index (χ1n) is 7.20. The standard InChI is InChI=1S/C15H23N3O2/c16-13-6-1-2-7-14(13)17-15(20)8-10-18-9-4-3-5-12(18)11-19/h1-2,6-7,12,19H,3-5,8-11,16H2,(H,17,20). The van der Waals surface area contributed by atoms with Crippen LogP contribution in [0.4, 0.5) is 11.4 Å². The summed E-state index contributed by atoms with van der Waals surface area (Å²) >= 11 is 0. The quantitative estimate of drug-likeness (QED) is 0.712. The highest BCUT2D eigenvalue weighted by molar-refractivity contribution is 5.93. The summed E-state index contributed by atoms with van der Waals surface area (Å²) in [7, 11) is 0. The topological polar surface area (TPSA) is 78.6 Å². The number of amides is 1. The number of likely N-dealkylation sites (tertiary alicyclic amines) is 1. The van der Waals surface area contributed by atoms with Gasteiger partial charge >= 0.3 is 0 Å². The van der Waals surface area contributed by atoms with E-state index in [9.17, 15) is 9.90 Å². The molecule has 1 unspecified atom stereocenters. The second-order valence-corrected chi connectivity index (χ2v) is 5.25. The normalized spacial score (nSPS) is 19.8. The molecule has 1 atom stereocenters. The van der Waals surface area contributed by atoms with Gasteiger partial charge in [-0.15, -0.1) is 0 Å². The molecule has 0 radical (unpaired) electrons. The number of nitrogens with one attached hydrogen (secondary N) is 1. The number of piperidine rings is 1. The third-order valence-corrected chi connectivity index (χ3v) is 3.82. The van der Waals surface area contributed by atoms with Gasteiger partial charge in [0, 0.05) is 19.0 Å². The van der Waals surface area contributed by atoms with Crippen LogP contribution in [-0.2, 0) is 4.79 Å². The van der Waals surface area contributed by atoms with E-state index >= 15 is 0 Å². The number of anilines is 2. The van der Waals surface area contributed by atoms with Crippen LogP contribution in [0.5, 0.6) is 0 Å². The fraction of sp³-hybridized carbons (Fsp3) is 0.533. The lowest BCUT2D eigenvalue weighted by atomic mass is 10.0. The van der Waals surface area contributed by atoms with Crippen LogP contribution in [0.3, 0.4) is 0 Å². The van der Waals surface area contributed by atoms with E-state index in [0.29, 0.717) is 24.3 Å². The zero-order chi connectivity index (χ0) is 14.4. The molecule has 0 saturated carbocycles. The Hall–Kier alpha value is -1.59. The molecule has 0 aliphatic carbocycles. The molecular weight excluding hydrogens is 254 g/mol. The third kappa shape index (κ3) is 3.95. The smallest absolute Gasteiger partial charge is 0.225 e. The van der Waals surface area contributed by atoms with Gasteiger partial charge in [0.05, 0.1) is 18.0 Å². The van der Waals surface area contributed by atoms with E-state index in [4.69, 9.17) is 5.73 Å². The second kappa shape index (κ2) is 7.26. The van der Waals surface area contributed by atoms with Crippen LogP contribution in [0.25, 0.3) is 0 Å². The molecule has 1 aromatic carbocycles. The Labute approximate surface area is 119 Å². The lowest BCUT2D eigenvalue weighted by Gasteiger charge is -2.34. The number of para-hydroxylation sites is 2. The van der Waals surface area contributed by atoms with Gasteiger partial charge in [0.1, 0.15) is 0 Å². The van der Waals surface area contributed by atoms with Crippen molar-refractivity contribution >= 4 is 17.3 Å². The first kappa shape index (κ1) is 14.8. The van der Waals surface area contributed by atoms with Gasteiger partial charge in [0.25, 0.3) is 0 Å². The molecule has 4 N–H and O–H groups in total. The van der Waals surface area contributed by atoms with Crippen molar-refractivity contribution in [1.82, 2.24) is 4.90 Å². The summed E-state index contributed by atoms with van der Waals surface area (Å²) in [6.07, 6.45) is 3.74. The van der Waals surface area contributed by atoms with Gasteiger partial charge in [-0.25, -0.2) is 0 Å². The van der Waals surface area contributed by atoms with E-state index in [1.54, 1.807) is 12.1 Å². The molecule has 0 aromatic heterocycles. The summed E-state index contributed by atoms with van der Waals surface area (Å²) in [5, 5.41) is 12.2. The summed E-state index contributed by atoms with van der Waals surface area (Å²) in [5.74, 6) is -0.0369. The van der Waals surface area contributed by atoms with Crippen LogP contribution in [0.2, 0.25) is 0 Å². The molecule has 1 aliphatic heterocycles. The van der Waals surface area contributed by atoms with E-state index in [-0.39, 0.29) is 18.6 Å². The minimum Gasteiger partial charge on any atom is -0.397 e. The molecule has 1 amide bonds. The molecule has 5 heteroatoms. The average molecular weight is 277 g/mol. The number of nitrogens with zero attached hydrogens (tertiary/aromatic N) is 1. The summed E-state index contributed by atoms with van der Waals surface area (Å²) in [6, 6.07) is 7.45. The summed E-state index contributed by atoms with van der Waals surface area (Å²) in [4.78, 5) is 14.2. The third-order valence-electron chi connectivity index (χ3n) is 3.82. The predicted octanol–water partition coefficient (Wildman–Crippen LogP) is 1.44. The second-order valence-electron chi connectivity index (χ2n) is 5.25. The fourth-order valence-electron chi connectivity index (χ4n) is 2.63. The SMILES string of the molecule is Nc1ccccc1NC(=O)CCN1CCCCC1CO. The highest BCUT2D eigenvalue weighted by atomic mass is 16.3. The molecule has 5 nitrogen and oxygen atoms in total. The van der Waals surface area contributed by atoms with Crippen LogP contribution in [0, 0.1) is 0 Å². The minimum absolute atomic E-state index is 0.0369. The van der Waals surface area contributed by atoms with Gasteiger partial charge < -0.3 is 16.2 Å². The molecule has 1 saturated heterocycles. The van der Waals surface area contributed by atoms with Crippen molar-refractivity contribution in [3.63, 3.8) is 0 Å². The summed E-state index contributed by atoms with van der Waals surface area (Å²) in [5.41, 5.74) is 7.03. The van der Waals surface area contributed by atoms with Gasteiger partial charge in [0.15, 0.2) is 0 Å². The monoisotopic (exact) mass is 277 g/mol. The average Bonchev–Trinajstić information content (AvgIpc) is 2.48. The number of nitrogen functional groups attached to an aromatic ring is 1. The number of hydrogen-bond acceptors (Lipinski definition) is 4. The van der Waals surface area contributed by atoms with Crippen molar-refractivity contribution in [2.24, 2.45) is 0 Å². The van der Waals surface area contributed by atoms with Gasteiger partial charge in [-0.1, -0.05) is 18.6 Å². The van der Waals surface area contributed by atoms with Gasteiger partial charge in [-0.2, -0.15) is 0 Å². The van der Waals surface area contributed by atoms with Crippen molar-refractivity contribution in [2.75, 3.05) is 30.7 Å². The molecule has 20 heavy (non-hydrogen) atoms. The first-order chi connectivity index (χ1) is 9.70. The maximum absolute atomic E-state index is 11.9. The maximum Gasteiger partial charge on any atom is 0.225 e. The van der Waals surface area contributed by atoms with Crippen molar-refractivity contribution in [3.8, 4) is 0 Å². The van der Waals surface area contributed by atoms with Crippen molar-refractivity contribution < 1.29 is 9.90 Å². The number of hydrogen-bond donors (Lipinski definition) is 3. The van der Waals surface area contributed by atoms with Crippen molar-refractivity contribution in [2.45, 2.75) is 31.7 Å². The Morgan fingerprint density at radius 2 is 2.20 bits per heavy atom. The molecule has 1 aromatic rings. The molecular formula is C15H23N3O2. The molecule has 1 heterocycles. The summed E-state index contributed by atoms with van der Waals surface area (Å²) in [6.45, 7) is 1.82. The van der Waals surface area contributed by atoms with Gasteiger partial charge in [0.2, 0.25) is 5.91 Å². The Bertz CT molecular complexity index is 450. The Morgan fingerprint density at radius 3 is 2.95 bits per heavy atom. The Kier molecular flexibility index (Phi) is 5.38. The number of carbonyl (C=O) groups is 1. The fourth-order valence-corrected chi connectivity index (χ4v) is 2.63. The molecule has 0 bridgehead atoms. The van der Waals surface area contributed by atoms with Crippen molar-refractivity contribution in [3.05, 3.63) is 24.3 Å². The van der Waals surface area contributed by atoms with E-state index in [1.807, 2.05) is 12.1 Å². The minimum atomic E-state index is -0.0369. The van der Waals surface area contributed by atoms with E-state index in [0.717, 1.165) is 25.8 Å². The highest BCUT2D eigenvalue weighted by Crippen LogP contribution is 2.18. The Balaban J connectivity index is 1.81. The van der Waals surface area contributed by atoms with Gasteiger partial charge in [-0.3, -0.25) is 9.69 Å². The van der Waals surface area contributed by atoms with Crippen LogP contribution in [0.1, 0.15) is 25.7 Å². The number of rotatable bonds is 5. The van der Waals surface area contributed by atoms with Crippen LogP contribution in [-0.4, -0.2) is 41.7 Å². The highest BCUT2D eigenvalue weighted by Gasteiger charge is 2.21. The number of aliphatic hydroxyl groups excluding tert-OH is 1. The molecule has 2 rings (SSSR count). The molecule has 110 valence electrons. The number of carbonyl (C=O) groups excluding carboxylic acids is 1. The number of nitrogens with two attached hydrogens (primary N) is 1. The largest absolute Gasteiger partial charge is 0.397 e. The number of benzene rings is 1. The first-order valence-corrected chi connectivity index (χ1v) is 7.20. The van der Waals surface area contributed by atoms with Crippen LogP contribution < -0.4 is 11.1 Å². The maximum atomic E-state index is 11.9. The lowest BCUT2D eigenvalue weighted by molar-refractivity contribution is -0.116. The Morgan fingerprint density at radius 1 is 1.40 bits per heavy atom. The molecule has 1 fully saturated rings. The zero-order valence-electron chi connectivity index (χ0n) is 11.7. The summed E-state index contributed by atoms with van der Waals surface area (Å²) < 4.78 is 0. The van der Waals surface area contributed by atoms with Crippen LogP contribution >= 0.6 is 0 Å². The van der Waals surface area contributed by atoms with E-state index < -0.39 is 0 Å². The van der Waals surface area contributed by atoms with Crippen LogP contribution in [0.15, 0.2) is 24.3 Å².